The predicted molar refractivity (Wildman–Crippen MR) is 74.2 cm³/mol. The van der Waals surface area contributed by atoms with E-state index in [1.54, 1.807) is 0 Å². The quantitative estimate of drug-likeness (QED) is 0.381. The molecule has 0 spiro atoms. The summed E-state index contributed by atoms with van der Waals surface area (Å²) in [5, 5.41) is 26.3. The van der Waals surface area contributed by atoms with Gasteiger partial charge in [0, 0.05) is 12.6 Å². The maximum atomic E-state index is 11.0. The molecule has 0 radical (unpaired) electrons. The minimum Gasteiger partial charge on any atom is -0.477 e. The molecule has 0 atom stereocenters. The fourth-order valence-corrected chi connectivity index (χ4v) is 1.96. The Kier molecular flexibility index (Phi) is 4.52. The van der Waals surface area contributed by atoms with Gasteiger partial charge < -0.3 is 15.7 Å². The Morgan fingerprint density at radius 2 is 2.15 bits per heavy atom. The van der Waals surface area contributed by atoms with Gasteiger partial charge in [-0.15, -0.1) is 0 Å². The van der Waals surface area contributed by atoms with Crippen LogP contribution < -0.4 is 10.6 Å². The number of nitro groups is 1. The van der Waals surface area contributed by atoms with Crippen molar-refractivity contribution in [1.29, 1.82) is 0 Å². The highest BCUT2D eigenvalue weighted by Gasteiger charge is 2.24. The molecule has 0 aliphatic heterocycles. The average molecular weight is 279 g/mol. The highest BCUT2D eigenvalue weighted by Crippen LogP contribution is 2.28. The van der Waals surface area contributed by atoms with E-state index in [0.717, 1.165) is 13.0 Å². The van der Waals surface area contributed by atoms with E-state index in [1.165, 1.54) is 31.0 Å². The third-order valence-electron chi connectivity index (χ3n) is 3.13. The van der Waals surface area contributed by atoms with Crippen molar-refractivity contribution in [3.8, 4) is 0 Å². The zero-order valence-electron chi connectivity index (χ0n) is 11.0. The van der Waals surface area contributed by atoms with Gasteiger partial charge in [0.25, 0.3) is 0 Å². The molecule has 7 nitrogen and oxygen atoms in total. The van der Waals surface area contributed by atoms with E-state index in [2.05, 4.69) is 10.6 Å². The van der Waals surface area contributed by atoms with E-state index in [4.69, 9.17) is 5.11 Å². The minimum atomic E-state index is -1.30. The normalized spacial score (nSPS) is 14.0. The molecule has 0 saturated heterocycles. The topological polar surface area (TPSA) is 104 Å². The van der Waals surface area contributed by atoms with E-state index in [-0.39, 0.29) is 16.9 Å². The van der Waals surface area contributed by atoms with Gasteiger partial charge in [0.15, 0.2) is 0 Å². The van der Waals surface area contributed by atoms with Crippen LogP contribution in [-0.2, 0) is 0 Å². The van der Waals surface area contributed by atoms with Gasteiger partial charge in [-0.3, -0.25) is 10.1 Å². The third kappa shape index (κ3) is 3.67. The Labute approximate surface area is 116 Å². The van der Waals surface area contributed by atoms with Gasteiger partial charge in [0.1, 0.15) is 11.3 Å². The van der Waals surface area contributed by atoms with E-state index in [9.17, 15) is 14.9 Å². The summed E-state index contributed by atoms with van der Waals surface area (Å²) in [4.78, 5) is 21.4. The molecule has 0 heterocycles. The van der Waals surface area contributed by atoms with Crippen molar-refractivity contribution in [3.63, 3.8) is 0 Å². The molecule has 1 aliphatic rings. The molecule has 1 aliphatic carbocycles. The molecule has 1 aromatic carbocycles. The zero-order valence-corrected chi connectivity index (χ0v) is 11.0. The lowest BCUT2D eigenvalue weighted by Crippen LogP contribution is -2.20. The van der Waals surface area contributed by atoms with Crippen LogP contribution >= 0.6 is 0 Å². The first-order valence-electron chi connectivity index (χ1n) is 6.57. The van der Waals surface area contributed by atoms with Crippen LogP contribution in [0.1, 0.15) is 29.6 Å². The summed E-state index contributed by atoms with van der Waals surface area (Å²) < 4.78 is 0. The Morgan fingerprint density at radius 3 is 2.75 bits per heavy atom. The number of carbonyl (C=O) groups is 1. The number of benzene rings is 1. The summed E-state index contributed by atoms with van der Waals surface area (Å²) in [5.74, 6) is -1.30. The van der Waals surface area contributed by atoms with Gasteiger partial charge >= 0.3 is 11.7 Å². The van der Waals surface area contributed by atoms with Crippen LogP contribution in [0.3, 0.4) is 0 Å². The number of carboxylic acids is 1. The van der Waals surface area contributed by atoms with Crippen molar-refractivity contribution in [2.45, 2.75) is 25.3 Å². The summed E-state index contributed by atoms with van der Waals surface area (Å²) in [6, 6.07) is 4.90. The molecular formula is C13H17N3O4. The third-order valence-corrected chi connectivity index (χ3v) is 3.13. The molecule has 0 aromatic heterocycles. The predicted octanol–water partition coefficient (Wildman–Crippen LogP) is 1.85. The molecule has 1 fully saturated rings. The SMILES string of the molecule is O=C(O)c1cccc(NCCCNC2CC2)c1[N+](=O)[O-]. The molecular weight excluding hydrogens is 262 g/mol. The van der Waals surface area contributed by atoms with Gasteiger partial charge in [-0.2, -0.15) is 0 Å². The second kappa shape index (κ2) is 6.33. The van der Waals surface area contributed by atoms with Crippen LogP contribution in [0.25, 0.3) is 0 Å². The molecule has 3 N–H and O–H groups in total. The summed E-state index contributed by atoms with van der Waals surface area (Å²) in [7, 11) is 0. The molecule has 1 aromatic rings. The van der Waals surface area contributed by atoms with Gasteiger partial charge in [-0.1, -0.05) is 6.07 Å². The fourth-order valence-electron chi connectivity index (χ4n) is 1.96. The minimum absolute atomic E-state index is 0.251. The number of anilines is 1. The van der Waals surface area contributed by atoms with Gasteiger partial charge in [0.05, 0.1) is 4.92 Å². The Morgan fingerprint density at radius 1 is 1.40 bits per heavy atom. The first-order chi connectivity index (χ1) is 9.59. The smallest absolute Gasteiger partial charge is 0.342 e. The number of para-hydroxylation sites is 1. The molecule has 0 bridgehead atoms. The number of aromatic carboxylic acids is 1. The monoisotopic (exact) mass is 279 g/mol. The largest absolute Gasteiger partial charge is 0.477 e. The summed E-state index contributed by atoms with van der Waals surface area (Å²) >= 11 is 0. The number of hydrogen-bond acceptors (Lipinski definition) is 5. The lowest BCUT2D eigenvalue weighted by atomic mass is 10.1. The standard InChI is InChI=1S/C13H17N3O4/c17-13(18)10-3-1-4-11(12(10)16(19)20)15-8-2-7-14-9-5-6-9/h1,3-4,9,14-15H,2,5-8H2,(H,17,18). The van der Waals surface area contributed by atoms with Crippen LogP contribution in [0.4, 0.5) is 11.4 Å². The summed E-state index contributed by atoms with van der Waals surface area (Å²) in [5.41, 5.74) is -0.424. The van der Waals surface area contributed by atoms with Gasteiger partial charge in [-0.05, 0) is 37.9 Å². The lowest BCUT2D eigenvalue weighted by molar-refractivity contribution is -0.384. The number of nitrogens with zero attached hydrogens (tertiary/aromatic N) is 1. The van der Waals surface area contributed by atoms with Crippen LogP contribution in [0.2, 0.25) is 0 Å². The molecule has 7 heteroatoms. The first-order valence-corrected chi connectivity index (χ1v) is 6.57. The van der Waals surface area contributed by atoms with Gasteiger partial charge in [0.2, 0.25) is 0 Å². The molecule has 1 saturated carbocycles. The second-order valence-electron chi connectivity index (χ2n) is 4.77. The van der Waals surface area contributed by atoms with Crippen molar-refractivity contribution in [3.05, 3.63) is 33.9 Å². The molecule has 20 heavy (non-hydrogen) atoms. The van der Waals surface area contributed by atoms with Crippen molar-refractivity contribution < 1.29 is 14.8 Å². The average Bonchev–Trinajstić information content (AvgIpc) is 3.21. The zero-order chi connectivity index (χ0) is 14.5. The highest BCUT2D eigenvalue weighted by atomic mass is 16.6. The summed E-state index contributed by atoms with van der Waals surface area (Å²) in [6.07, 6.45) is 3.27. The molecule has 0 unspecified atom stereocenters. The van der Waals surface area contributed by atoms with E-state index >= 15 is 0 Å². The van der Waals surface area contributed by atoms with Crippen molar-refractivity contribution in [2.24, 2.45) is 0 Å². The van der Waals surface area contributed by atoms with E-state index < -0.39 is 10.9 Å². The Balaban J connectivity index is 1.96. The highest BCUT2D eigenvalue weighted by molar-refractivity contribution is 5.95. The van der Waals surface area contributed by atoms with Crippen molar-refractivity contribution in [2.75, 3.05) is 18.4 Å². The number of rotatable bonds is 8. The van der Waals surface area contributed by atoms with Crippen LogP contribution in [0.15, 0.2) is 18.2 Å². The van der Waals surface area contributed by atoms with Crippen LogP contribution in [-0.4, -0.2) is 35.1 Å². The van der Waals surface area contributed by atoms with E-state index in [1.807, 2.05) is 0 Å². The van der Waals surface area contributed by atoms with E-state index in [0.29, 0.717) is 12.6 Å². The maximum absolute atomic E-state index is 11.0. The number of carboxylic acid groups (broad SMARTS) is 1. The maximum Gasteiger partial charge on any atom is 0.342 e. The number of hydrogen-bond donors (Lipinski definition) is 3. The molecule has 0 amide bonds. The Bertz CT molecular complexity index is 514. The number of nitrogens with one attached hydrogen (secondary N) is 2. The second-order valence-corrected chi connectivity index (χ2v) is 4.77. The first kappa shape index (κ1) is 14.3. The fraction of sp³-hybridized carbons (Fsp3) is 0.462. The van der Waals surface area contributed by atoms with Gasteiger partial charge in [-0.25, -0.2) is 4.79 Å². The van der Waals surface area contributed by atoms with Crippen molar-refractivity contribution >= 4 is 17.3 Å². The van der Waals surface area contributed by atoms with Crippen LogP contribution in [0.5, 0.6) is 0 Å². The number of nitro benzene ring substituents is 1. The molecule has 108 valence electrons. The Hall–Kier alpha value is -2.15. The molecule has 2 rings (SSSR count). The van der Waals surface area contributed by atoms with Crippen molar-refractivity contribution in [1.82, 2.24) is 5.32 Å². The lowest BCUT2D eigenvalue weighted by Gasteiger charge is -2.09. The summed E-state index contributed by atoms with van der Waals surface area (Å²) in [6.45, 7) is 1.41. The van der Waals surface area contributed by atoms with Crippen LogP contribution in [0, 0.1) is 10.1 Å².